The highest BCUT2D eigenvalue weighted by molar-refractivity contribution is 5.85. The van der Waals surface area contributed by atoms with E-state index in [1.165, 1.54) is 13.2 Å². The van der Waals surface area contributed by atoms with Gasteiger partial charge >= 0.3 is 0 Å². The molecule has 0 bridgehead atoms. The first kappa shape index (κ1) is 21.4. The standard InChI is InChI=1S/C21H19F2N5O.ClH/c1-12-5-17-14(9-26-20(17)25-8-12)6-13-3-4-18(28-19(13)23)24-10-15-7-16(22)11-27-21(15)29-2;/h3-5,7-9,11H,6,10H2,1-2H3,(H,24,28)(H,25,26);1H. The van der Waals surface area contributed by atoms with Gasteiger partial charge in [0.15, 0.2) is 0 Å². The van der Waals surface area contributed by atoms with Gasteiger partial charge in [-0.15, -0.1) is 12.4 Å². The molecule has 4 heterocycles. The molecule has 0 aliphatic rings. The first-order chi connectivity index (χ1) is 14.0. The van der Waals surface area contributed by atoms with Crippen LogP contribution in [0.15, 0.2) is 42.9 Å². The fourth-order valence-corrected chi connectivity index (χ4v) is 3.17. The zero-order valence-corrected chi connectivity index (χ0v) is 17.2. The predicted molar refractivity (Wildman–Crippen MR) is 113 cm³/mol. The zero-order valence-electron chi connectivity index (χ0n) is 16.4. The summed E-state index contributed by atoms with van der Waals surface area (Å²) in [5, 5.41) is 3.94. The van der Waals surface area contributed by atoms with Gasteiger partial charge in [-0.25, -0.2) is 19.3 Å². The summed E-state index contributed by atoms with van der Waals surface area (Å²) in [6.45, 7) is 2.17. The molecule has 6 nitrogen and oxygen atoms in total. The Morgan fingerprint density at radius 3 is 2.67 bits per heavy atom. The van der Waals surface area contributed by atoms with Crippen molar-refractivity contribution in [2.45, 2.75) is 19.9 Å². The van der Waals surface area contributed by atoms with Crippen LogP contribution in [0.4, 0.5) is 14.6 Å². The molecule has 0 unspecified atom stereocenters. The molecule has 9 heteroatoms. The van der Waals surface area contributed by atoms with Crippen LogP contribution >= 0.6 is 12.4 Å². The molecule has 156 valence electrons. The largest absolute Gasteiger partial charge is 0.481 e. The normalized spacial score (nSPS) is 10.7. The van der Waals surface area contributed by atoms with E-state index in [4.69, 9.17) is 4.74 Å². The maximum Gasteiger partial charge on any atom is 0.218 e. The first-order valence-electron chi connectivity index (χ1n) is 9.04. The SMILES string of the molecule is COc1ncc(F)cc1CNc1ccc(Cc2c[nH]c3ncc(C)cc23)c(F)n1.Cl. The van der Waals surface area contributed by atoms with Crippen LogP contribution in [-0.2, 0) is 13.0 Å². The van der Waals surface area contributed by atoms with E-state index in [1.807, 2.05) is 19.2 Å². The second kappa shape index (κ2) is 9.04. The fraction of sp³-hybridized carbons (Fsp3) is 0.190. The number of rotatable bonds is 6. The Morgan fingerprint density at radius 2 is 1.90 bits per heavy atom. The average Bonchev–Trinajstić information content (AvgIpc) is 3.10. The highest BCUT2D eigenvalue weighted by atomic mass is 35.5. The molecular formula is C21H20ClF2N5O. The summed E-state index contributed by atoms with van der Waals surface area (Å²) in [5.74, 6) is -0.386. The summed E-state index contributed by atoms with van der Waals surface area (Å²) in [7, 11) is 1.46. The molecule has 0 saturated heterocycles. The number of nitrogens with zero attached hydrogens (tertiary/aromatic N) is 3. The van der Waals surface area contributed by atoms with Gasteiger partial charge in [0.25, 0.3) is 0 Å². The highest BCUT2D eigenvalue weighted by Gasteiger charge is 2.12. The van der Waals surface area contributed by atoms with Gasteiger partial charge in [-0.3, -0.25) is 0 Å². The molecule has 0 amide bonds. The molecule has 30 heavy (non-hydrogen) atoms. The Labute approximate surface area is 178 Å². The van der Waals surface area contributed by atoms with Crippen LogP contribution in [-0.4, -0.2) is 27.0 Å². The number of pyridine rings is 3. The molecule has 4 aromatic rings. The molecule has 0 atom stereocenters. The van der Waals surface area contributed by atoms with Crippen molar-refractivity contribution < 1.29 is 13.5 Å². The fourth-order valence-electron chi connectivity index (χ4n) is 3.17. The van der Waals surface area contributed by atoms with Gasteiger partial charge < -0.3 is 15.0 Å². The van der Waals surface area contributed by atoms with Crippen molar-refractivity contribution in [3.05, 3.63) is 76.9 Å². The number of methoxy groups -OCH3 is 1. The maximum absolute atomic E-state index is 14.6. The summed E-state index contributed by atoms with van der Waals surface area (Å²) in [6.07, 6.45) is 5.10. The van der Waals surface area contributed by atoms with Crippen LogP contribution < -0.4 is 10.1 Å². The Morgan fingerprint density at radius 1 is 1.07 bits per heavy atom. The number of H-pyrrole nitrogens is 1. The maximum atomic E-state index is 14.6. The number of ether oxygens (including phenoxy) is 1. The van der Waals surface area contributed by atoms with Crippen molar-refractivity contribution in [1.29, 1.82) is 0 Å². The van der Waals surface area contributed by atoms with Crippen LogP contribution in [0, 0.1) is 18.7 Å². The minimum absolute atomic E-state index is 0. The van der Waals surface area contributed by atoms with Crippen molar-refractivity contribution in [3.8, 4) is 5.88 Å². The molecule has 4 aromatic heterocycles. The molecule has 2 N–H and O–H groups in total. The summed E-state index contributed by atoms with van der Waals surface area (Å²) in [5.41, 5.74) is 3.75. The second-order valence-electron chi connectivity index (χ2n) is 6.72. The average molecular weight is 432 g/mol. The number of nitrogens with one attached hydrogen (secondary N) is 2. The summed E-state index contributed by atoms with van der Waals surface area (Å²) in [6, 6.07) is 6.72. The zero-order chi connectivity index (χ0) is 20.4. The quantitative estimate of drug-likeness (QED) is 0.437. The summed E-state index contributed by atoms with van der Waals surface area (Å²) in [4.78, 5) is 15.3. The number of aryl methyl sites for hydroxylation is 1. The Balaban J connectivity index is 0.00000256. The van der Waals surface area contributed by atoms with Crippen molar-refractivity contribution in [2.75, 3.05) is 12.4 Å². The van der Waals surface area contributed by atoms with Gasteiger partial charge in [0, 0.05) is 41.9 Å². The van der Waals surface area contributed by atoms with E-state index in [0.717, 1.165) is 28.4 Å². The van der Waals surface area contributed by atoms with Crippen molar-refractivity contribution >= 4 is 29.3 Å². The Hall–Kier alpha value is -3.26. The lowest BCUT2D eigenvalue weighted by atomic mass is 10.1. The van der Waals surface area contributed by atoms with Crippen LogP contribution in [0.3, 0.4) is 0 Å². The topological polar surface area (TPSA) is 75.7 Å². The van der Waals surface area contributed by atoms with Crippen LogP contribution in [0.1, 0.15) is 22.3 Å². The van der Waals surface area contributed by atoms with Gasteiger partial charge in [-0.1, -0.05) is 6.07 Å². The summed E-state index contributed by atoms with van der Waals surface area (Å²) < 4.78 is 33.1. The number of fused-ring (bicyclic) bond motifs is 1. The smallest absolute Gasteiger partial charge is 0.218 e. The molecule has 0 aliphatic carbocycles. The number of anilines is 1. The van der Waals surface area contributed by atoms with Gasteiger partial charge in [-0.05, 0) is 36.2 Å². The van der Waals surface area contributed by atoms with Gasteiger partial charge in [-0.2, -0.15) is 4.39 Å². The number of aromatic amines is 1. The number of hydrogen-bond acceptors (Lipinski definition) is 5. The molecule has 0 saturated carbocycles. The van der Waals surface area contributed by atoms with Gasteiger partial charge in [0.05, 0.1) is 13.3 Å². The van der Waals surface area contributed by atoms with Crippen LogP contribution in [0.5, 0.6) is 5.88 Å². The van der Waals surface area contributed by atoms with E-state index in [9.17, 15) is 8.78 Å². The van der Waals surface area contributed by atoms with Crippen molar-refractivity contribution in [1.82, 2.24) is 19.9 Å². The minimum Gasteiger partial charge on any atom is -0.481 e. The first-order valence-corrected chi connectivity index (χ1v) is 9.04. The van der Waals surface area contributed by atoms with E-state index in [2.05, 4.69) is 25.3 Å². The third-order valence-corrected chi connectivity index (χ3v) is 4.61. The third-order valence-electron chi connectivity index (χ3n) is 4.61. The molecule has 4 rings (SSSR count). The molecular weight excluding hydrogens is 412 g/mol. The lowest BCUT2D eigenvalue weighted by Crippen LogP contribution is -2.06. The lowest BCUT2D eigenvalue weighted by molar-refractivity contribution is 0.391. The molecule has 0 radical (unpaired) electrons. The molecule has 0 spiro atoms. The monoisotopic (exact) mass is 431 g/mol. The van der Waals surface area contributed by atoms with E-state index in [0.29, 0.717) is 29.2 Å². The lowest BCUT2D eigenvalue weighted by Gasteiger charge is -2.10. The molecule has 0 aromatic carbocycles. The van der Waals surface area contributed by atoms with Gasteiger partial charge in [0.2, 0.25) is 11.8 Å². The van der Waals surface area contributed by atoms with Gasteiger partial charge in [0.1, 0.15) is 17.3 Å². The van der Waals surface area contributed by atoms with Crippen LogP contribution in [0.2, 0.25) is 0 Å². The number of hydrogen-bond donors (Lipinski definition) is 2. The predicted octanol–water partition coefficient (Wildman–Crippen LogP) is 4.57. The third kappa shape index (κ3) is 4.49. The number of aromatic nitrogens is 4. The molecule has 0 aliphatic heterocycles. The number of halogens is 3. The Bertz CT molecular complexity index is 1180. The highest BCUT2D eigenvalue weighted by Crippen LogP contribution is 2.23. The molecule has 0 fully saturated rings. The van der Waals surface area contributed by atoms with E-state index in [-0.39, 0.29) is 19.0 Å². The van der Waals surface area contributed by atoms with Crippen molar-refractivity contribution in [3.63, 3.8) is 0 Å². The van der Waals surface area contributed by atoms with E-state index >= 15 is 0 Å². The van der Waals surface area contributed by atoms with Crippen LogP contribution in [0.25, 0.3) is 11.0 Å². The van der Waals surface area contributed by atoms with Crippen molar-refractivity contribution in [2.24, 2.45) is 0 Å². The second-order valence-corrected chi connectivity index (χ2v) is 6.72. The van der Waals surface area contributed by atoms with E-state index < -0.39 is 11.8 Å². The summed E-state index contributed by atoms with van der Waals surface area (Å²) >= 11 is 0. The Kier molecular flexibility index (Phi) is 6.47. The minimum atomic E-state index is -0.561. The van der Waals surface area contributed by atoms with E-state index in [1.54, 1.807) is 18.3 Å².